The fraction of sp³-hybridized carbons (Fsp3) is 0.500. The predicted octanol–water partition coefficient (Wildman–Crippen LogP) is 2.49. The lowest BCUT2D eigenvalue weighted by atomic mass is 9.87. The first-order valence-corrected chi connectivity index (χ1v) is 6.10. The molecular weight excluding hydrogens is 251 g/mol. The lowest BCUT2D eigenvalue weighted by molar-refractivity contribution is -0.137. The molecule has 1 aliphatic carbocycles. The Balaban J connectivity index is 2.50. The van der Waals surface area contributed by atoms with E-state index in [1.54, 1.807) is 0 Å². The molecule has 0 atom stereocenters. The molecule has 19 heavy (non-hydrogen) atoms. The summed E-state index contributed by atoms with van der Waals surface area (Å²) in [5.74, 6) is -0.850. The van der Waals surface area contributed by atoms with Gasteiger partial charge < -0.3 is 14.6 Å². The molecule has 1 N–H and O–H groups in total. The van der Waals surface area contributed by atoms with Crippen molar-refractivity contribution >= 4 is 5.97 Å². The highest BCUT2D eigenvalue weighted by atomic mass is 19.1. The molecule has 5 heteroatoms. The molecule has 4 nitrogen and oxygen atoms in total. The maximum Gasteiger partial charge on any atom is 0.304 e. The Kier molecular flexibility index (Phi) is 3.75. The number of benzene rings is 1. The molecule has 0 aromatic heterocycles. The van der Waals surface area contributed by atoms with Gasteiger partial charge in [-0.1, -0.05) is 0 Å². The number of methoxy groups -OCH3 is 2. The number of aliphatic carboxylic acids is 1. The van der Waals surface area contributed by atoms with Crippen molar-refractivity contribution in [1.29, 1.82) is 0 Å². The molecule has 1 fully saturated rings. The Morgan fingerprint density at radius 1 is 1.42 bits per heavy atom. The SMILES string of the molecule is COCc1cc(F)cc(OC)c1C1(CC(=O)O)CC1. The van der Waals surface area contributed by atoms with E-state index in [1.165, 1.54) is 26.4 Å². The summed E-state index contributed by atoms with van der Waals surface area (Å²) in [4.78, 5) is 11.0. The lowest BCUT2D eigenvalue weighted by Gasteiger charge is -2.21. The van der Waals surface area contributed by atoms with Gasteiger partial charge in [-0.2, -0.15) is 0 Å². The maximum atomic E-state index is 13.5. The third-order valence-corrected chi connectivity index (χ3v) is 3.54. The molecule has 0 spiro atoms. The molecule has 1 saturated carbocycles. The van der Waals surface area contributed by atoms with Crippen molar-refractivity contribution in [2.75, 3.05) is 14.2 Å². The van der Waals surface area contributed by atoms with Crippen LogP contribution in [0.4, 0.5) is 4.39 Å². The highest BCUT2D eigenvalue weighted by Gasteiger charge is 2.49. The molecule has 104 valence electrons. The van der Waals surface area contributed by atoms with Crippen molar-refractivity contribution in [2.24, 2.45) is 0 Å². The molecule has 1 aromatic carbocycles. The summed E-state index contributed by atoms with van der Waals surface area (Å²) in [6.07, 6.45) is 1.59. The van der Waals surface area contributed by atoms with E-state index < -0.39 is 17.2 Å². The van der Waals surface area contributed by atoms with Gasteiger partial charge in [0, 0.05) is 24.2 Å². The Labute approximate surface area is 111 Å². The quantitative estimate of drug-likeness (QED) is 0.861. The van der Waals surface area contributed by atoms with Crippen LogP contribution in [0.15, 0.2) is 12.1 Å². The number of hydrogen-bond acceptors (Lipinski definition) is 3. The summed E-state index contributed by atoms with van der Waals surface area (Å²) < 4.78 is 23.9. The average Bonchev–Trinajstić information content (AvgIpc) is 3.08. The van der Waals surface area contributed by atoms with Crippen molar-refractivity contribution in [3.8, 4) is 5.75 Å². The highest BCUT2D eigenvalue weighted by molar-refractivity contribution is 5.71. The average molecular weight is 268 g/mol. The van der Waals surface area contributed by atoms with Gasteiger partial charge in [0.2, 0.25) is 0 Å². The number of hydrogen-bond donors (Lipinski definition) is 1. The third-order valence-electron chi connectivity index (χ3n) is 3.54. The van der Waals surface area contributed by atoms with E-state index in [0.29, 0.717) is 11.3 Å². The van der Waals surface area contributed by atoms with Gasteiger partial charge >= 0.3 is 5.97 Å². The van der Waals surface area contributed by atoms with E-state index in [2.05, 4.69) is 0 Å². The molecular formula is C14H17FO4. The molecule has 0 bridgehead atoms. The first-order chi connectivity index (χ1) is 9.02. The summed E-state index contributed by atoms with van der Waals surface area (Å²) in [5.41, 5.74) is 1.01. The first kappa shape index (κ1) is 13.8. The van der Waals surface area contributed by atoms with Gasteiger partial charge in [-0.25, -0.2) is 4.39 Å². The minimum Gasteiger partial charge on any atom is -0.496 e. The number of carbonyl (C=O) groups is 1. The summed E-state index contributed by atoms with van der Waals surface area (Å²) in [6, 6.07) is 2.69. The zero-order chi connectivity index (χ0) is 14.0. The summed E-state index contributed by atoms with van der Waals surface area (Å²) in [6.45, 7) is 0.241. The van der Waals surface area contributed by atoms with Crippen molar-refractivity contribution in [2.45, 2.75) is 31.3 Å². The lowest BCUT2D eigenvalue weighted by Crippen LogP contribution is -2.17. The number of halogens is 1. The van der Waals surface area contributed by atoms with E-state index in [1.807, 2.05) is 0 Å². The van der Waals surface area contributed by atoms with Gasteiger partial charge in [0.15, 0.2) is 0 Å². The van der Waals surface area contributed by atoms with Gasteiger partial charge in [0.25, 0.3) is 0 Å². The zero-order valence-electron chi connectivity index (χ0n) is 11.0. The zero-order valence-corrected chi connectivity index (χ0v) is 11.0. The molecule has 0 saturated heterocycles. The summed E-state index contributed by atoms with van der Waals surface area (Å²) in [5, 5.41) is 9.04. The fourth-order valence-electron chi connectivity index (χ4n) is 2.62. The summed E-state index contributed by atoms with van der Waals surface area (Å²) >= 11 is 0. The topological polar surface area (TPSA) is 55.8 Å². The van der Waals surface area contributed by atoms with E-state index in [0.717, 1.165) is 18.4 Å². The largest absolute Gasteiger partial charge is 0.496 e. The molecule has 0 aliphatic heterocycles. The maximum absolute atomic E-state index is 13.5. The van der Waals surface area contributed by atoms with Gasteiger partial charge in [-0.15, -0.1) is 0 Å². The molecule has 2 rings (SSSR count). The van der Waals surface area contributed by atoms with Crippen molar-refractivity contribution in [1.82, 2.24) is 0 Å². The van der Waals surface area contributed by atoms with Crippen molar-refractivity contribution in [3.05, 3.63) is 29.1 Å². The standard InChI is InChI=1S/C14H17FO4/c1-18-8-9-5-10(15)6-11(19-2)13(9)14(3-4-14)7-12(16)17/h5-6H,3-4,7-8H2,1-2H3,(H,16,17). The summed E-state index contributed by atoms with van der Waals surface area (Å²) in [7, 11) is 2.99. The van der Waals surface area contributed by atoms with Crippen LogP contribution in [0.25, 0.3) is 0 Å². The van der Waals surface area contributed by atoms with Crippen LogP contribution >= 0.6 is 0 Å². The molecule has 0 heterocycles. The van der Waals surface area contributed by atoms with Crippen molar-refractivity contribution < 1.29 is 23.8 Å². The monoisotopic (exact) mass is 268 g/mol. The second-order valence-electron chi connectivity index (χ2n) is 4.93. The number of carboxylic acid groups (broad SMARTS) is 1. The Morgan fingerprint density at radius 3 is 2.58 bits per heavy atom. The number of rotatable bonds is 6. The first-order valence-electron chi connectivity index (χ1n) is 6.10. The van der Waals surface area contributed by atoms with Crippen LogP contribution in [-0.2, 0) is 21.6 Å². The van der Waals surface area contributed by atoms with Gasteiger partial charge in [0.05, 0.1) is 20.1 Å². The second kappa shape index (κ2) is 5.17. The van der Waals surface area contributed by atoms with E-state index in [-0.39, 0.29) is 13.0 Å². The van der Waals surface area contributed by atoms with Crippen LogP contribution in [0.1, 0.15) is 30.4 Å². The van der Waals surface area contributed by atoms with Crippen molar-refractivity contribution in [3.63, 3.8) is 0 Å². The van der Waals surface area contributed by atoms with Crippen LogP contribution in [0.2, 0.25) is 0 Å². The van der Waals surface area contributed by atoms with E-state index >= 15 is 0 Å². The highest BCUT2D eigenvalue weighted by Crippen LogP contribution is 2.55. The smallest absolute Gasteiger partial charge is 0.304 e. The van der Waals surface area contributed by atoms with Crippen LogP contribution in [-0.4, -0.2) is 25.3 Å². The molecule has 0 unspecified atom stereocenters. The van der Waals surface area contributed by atoms with Crippen LogP contribution < -0.4 is 4.74 Å². The molecule has 0 radical (unpaired) electrons. The van der Waals surface area contributed by atoms with E-state index in [4.69, 9.17) is 14.6 Å². The van der Waals surface area contributed by atoms with Crippen LogP contribution in [0.3, 0.4) is 0 Å². The predicted molar refractivity (Wildman–Crippen MR) is 66.8 cm³/mol. The molecule has 1 aromatic rings. The van der Waals surface area contributed by atoms with Gasteiger partial charge in [-0.05, 0) is 24.5 Å². The number of carboxylic acids is 1. The second-order valence-corrected chi connectivity index (χ2v) is 4.93. The van der Waals surface area contributed by atoms with Crippen LogP contribution in [0.5, 0.6) is 5.75 Å². The minimum atomic E-state index is -0.854. The minimum absolute atomic E-state index is 0.0334. The fourth-order valence-corrected chi connectivity index (χ4v) is 2.62. The van der Waals surface area contributed by atoms with Crippen LogP contribution in [0, 0.1) is 5.82 Å². The van der Waals surface area contributed by atoms with Gasteiger partial charge in [0.1, 0.15) is 11.6 Å². The third kappa shape index (κ3) is 2.71. The Hall–Kier alpha value is -1.62. The van der Waals surface area contributed by atoms with Gasteiger partial charge in [-0.3, -0.25) is 4.79 Å². The Bertz CT molecular complexity index is 494. The Morgan fingerprint density at radius 2 is 2.11 bits per heavy atom. The molecule has 1 aliphatic rings. The molecule has 0 amide bonds. The number of ether oxygens (including phenoxy) is 2. The normalized spacial score (nSPS) is 16.2. The van der Waals surface area contributed by atoms with E-state index in [9.17, 15) is 9.18 Å².